The van der Waals surface area contributed by atoms with Crippen molar-refractivity contribution in [2.24, 2.45) is 0 Å². The van der Waals surface area contributed by atoms with Gasteiger partial charge in [0.25, 0.3) is 0 Å². The van der Waals surface area contributed by atoms with Crippen molar-refractivity contribution in [2.75, 3.05) is 59.5 Å². The lowest BCUT2D eigenvalue weighted by atomic mass is 10.6. The van der Waals surface area contributed by atoms with Gasteiger partial charge in [0.2, 0.25) is 3.79 Å². The summed E-state index contributed by atoms with van der Waals surface area (Å²) in [4.78, 5) is 21.3. The number of esters is 1. The normalized spacial score (nSPS) is 11.4. The minimum atomic E-state index is -1.64. The Hall–Kier alpha value is -0.350. The minimum absolute atomic E-state index is 0.199. The molecule has 0 saturated heterocycles. The van der Waals surface area contributed by atoms with Crippen molar-refractivity contribution < 1.29 is 38.4 Å². The lowest BCUT2D eigenvalue weighted by Crippen LogP contribution is -2.21. The molecule has 1 N–H and O–H groups in total. The van der Waals surface area contributed by atoms with Gasteiger partial charge in [-0.25, -0.2) is 9.59 Å². The third-order valence-corrected chi connectivity index (χ3v) is 2.29. The maximum absolute atomic E-state index is 11.2. The molecule has 0 aliphatic carbocycles. The molecule has 136 valence electrons. The molecule has 0 amide bonds. The molecule has 0 aromatic heterocycles. The second-order valence-corrected chi connectivity index (χ2v) is 6.52. The highest BCUT2D eigenvalue weighted by Gasteiger charge is 2.21. The van der Waals surface area contributed by atoms with Gasteiger partial charge in [-0.05, 0) is 0 Å². The van der Waals surface area contributed by atoms with E-state index < -0.39 is 15.7 Å². The van der Waals surface area contributed by atoms with Crippen molar-refractivity contribution in [3.8, 4) is 0 Å². The summed E-state index contributed by atoms with van der Waals surface area (Å²) in [6, 6.07) is 0. The molecule has 0 rings (SSSR count). The fourth-order valence-corrected chi connectivity index (χ4v) is 1.24. The van der Waals surface area contributed by atoms with Crippen LogP contribution in [0.1, 0.15) is 0 Å². The largest absolute Gasteiger partial charge is 0.480 e. The zero-order chi connectivity index (χ0) is 17.6. The van der Waals surface area contributed by atoms with Gasteiger partial charge >= 0.3 is 11.9 Å². The second kappa shape index (κ2) is 14.0. The van der Waals surface area contributed by atoms with Gasteiger partial charge in [-0.2, -0.15) is 0 Å². The molecule has 0 aliphatic heterocycles. The molecule has 0 fully saturated rings. The predicted octanol–water partition coefficient (Wildman–Crippen LogP) is 1.05. The molecule has 8 nitrogen and oxygen atoms in total. The van der Waals surface area contributed by atoms with Crippen LogP contribution in [-0.4, -0.2) is 80.3 Å². The first-order chi connectivity index (χ1) is 10.8. The minimum Gasteiger partial charge on any atom is -0.480 e. The van der Waals surface area contributed by atoms with E-state index in [0.717, 1.165) is 0 Å². The number of hydrogen-bond donors (Lipinski definition) is 1. The van der Waals surface area contributed by atoms with Crippen molar-refractivity contribution in [2.45, 2.75) is 3.79 Å². The Morgan fingerprint density at radius 3 is 1.65 bits per heavy atom. The Kier molecular flexibility index (Phi) is 13.8. The molecule has 0 atom stereocenters. The maximum atomic E-state index is 11.2. The smallest absolute Gasteiger partial charge is 0.332 e. The molecule has 23 heavy (non-hydrogen) atoms. The van der Waals surface area contributed by atoms with Gasteiger partial charge in [0, 0.05) is 0 Å². The second-order valence-electron chi connectivity index (χ2n) is 4.00. The lowest BCUT2D eigenvalue weighted by Gasteiger charge is -2.11. The summed E-state index contributed by atoms with van der Waals surface area (Å²) in [7, 11) is 0. The predicted molar refractivity (Wildman–Crippen MR) is 82.2 cm³/mol. The monoisotopic (exact) mass is 396 g/mol. The Balaban J connectivity index is 3.21. The molecule has 0 aromatic carbocycles. The van der Waals surface area contributed by atoms with E-state index in [4.69, 9.17) is 58.9 Å². The Morgan fingerprint density at radius 1 is 0.783 bits per heavy atom. The molecule has 0 radical (unpaired) electrons. The number of carbonyl (C=O) groups excluding carboxylic acids is 1. The fourth-order valence-electron chi connectivity index (χ4n) is 1.08. The molecule has 0 aromatic rings. The zero-order valence-electron chi connectivity index (χ0n) is 12.3. The number of carbonyl (C=O) groups is 2. The van der Waals surface area contributed by atoms with Crippen LogP contribution >= 0.6 is 34.8 Å². The van der Waals surface area contributed by atoms with Gasteiger partial charge < -0.3 is 28.8 Å². The summed E-state index contributed by atoms with van der Waals surface area (Å²) >= 11 is 16.2. The van der Waals surface area contributed by atoms with Crippen LogP contribution in [0.4, 0.5) is 0 Å². The molecule has 0 saturated carbocycles. The van der Waals surface area contributed by atoms with Crippen LogP contribution in [0.5, 0.6) is 0 Å². The number of aliphatic carboxylic acids is 1. The molecule has 11 heteroatoms. The van der Waals surface area contributed by atoms with Crippen molar-refractivity contribution in [1.82, 2.24) is 0 Å². The standard InChI is InChI=1S/C12H19Cl3O8/c13-12(14,15)9-23-11(18)8-22-6-4-20-2-1-19-3-5-21-7-10(16)17/h1-9H2,(H,16,17). The van der Waals surface area contributed by atoms with E-state index in [-0.39, 0.29) is 46.2 Å². The quantitative estimate of drug-likeness (QED) is 0.264. The number of carboxylic acids is 1. The van der Waals surface area contributed by atoms with Gasteiger partial charge in [0.1, 0.15) is 19.8 Å². The number of alkyl halides is 3. The Bertz CT molecular complexity index is 335. The molecule has 0 aliphatic rings. The Labute approximate surface area is 148 Å². The van der Waals surface area contributed by atoms with E-state index in [0.29, 0.717) is 13.2 Å². The maximum Gasteiger partial charge on any atom is 0.332 e. The summed E-state index contributed by atoms with van der Waals surface area (Å²) in [5.74, 6) is -1.66. The number of rotatable bonds is 14. The van der Waals surface area contributed by atoms with Crippen molar-refractivity contribution in [3.05, 3.63) is 0 Å². The van der Waals surface area contributed by atoms with E-state index in [1.807, 2.05) is 0 Å². The average Bonchev–Trinajstić information content (AvgIpc) is 2.45. The average molecular weight is 398 g/mol. The van der Waals surface area contributed by atoms with Gasteiger partial charge in [0.05, 0.1) is 39.6 Å². The molecular weight excluding hydrogens is 378 g/mol. The number of ether oxygens (including phenoxy) is 5. The number of halogens is 3. The van der Waals surface area contributed by atoms with Crippen molar-refractivity contribution >= 4 is 46.7 Å². The van der Waals surface area contributed by atoms with Gasteiger partial charge in [-0.1, -0.05) is 34.8 Å². The number of carboxylic acid groups (broad SMARTS) is 1. The fraction of sp³-hybridized carbons (Fsp3) is 0.833. The topological polar surface area (TPSA) is 101 Å². The van der Waals surface area contributed by atoms with Gasteiger partial charge in [0.15, 0.2) is 0 Å². The summed E-state index contributed by atoms with van der Waals surface area (Å²) in [5, 5.41) is 8.31. The molecule has 0 spiro atoms. The SMILES string of the molecule is O=C(O)COCCOCCOCCOCC(=O)OCC(Cl)(Cl)Cl. The Morgan fingerprint density at radius 2 is 1.22 bits per heavy atom. The highest BCUT2D eigenvalue weighted by atomic mass is 35.6. The van der Waals surface area contributed by atoms with Crippen molar-refractivity contribution in [1.29, 1.82) is 0 Å². The van der Waals surface area contributed by atoms with Crippen LogP contribution in [0.2, 0.25) is 0 Å². The highest BCUT2D eigenvalue weighted by Crippen LogP contribution is 2.25. The summed E-state index contributed by atoms with van der Waals surface area (Å²) < 4.78 is 23.1. The summed E-state index contributed by atoms with van der Waals surface area (Å²) in [6.07, 6.45) is 0. The summed E-state index contributed by atoms with van der Waals surface area (Å²) in [6.45, 7) is 0.670. The van der Waals surface area contributed by atoms with Crippen LogP contribution < -0.4 is 0 Å². The molecular formula is C12H19Cl3O8. The van der Waals surface area contributed by atoms with E-state index >= 15 is 0 Å². The van der Waals surface area contributed by atoms with Crippen LogP contribution in [0.25, 0.3) is 0 Å². The van der Waals surface area contributed by atoms with Crippen LogP contribution in [-0.2, 0) is 33.3 Å². The van der Waals surface area contributed by atoms with E-state index in [2.05, 4.69) is 4.74 Å². The highest BCUT2D eigenvalue weighted by molar-refractivity contribution is 6.67. The van der Waals surface area contributed by atoms with Crippen molar-refractivity contribution in [3.63, 3.8) is 0 Å². The van der Waals surface area contributed by atoms with E-state index in [1.54, 1.807) is 0 Å². The van der Waals surface area contributed by atoms with Crippen LogP contribution in [0.3, 0.4) is 0 Å². The third-order valence-electron chi connectivity index (χ3n) is 1.96. The first kappa shape index (κ1) is 22.6. The van der Waals surface area contributed by atoms with Crippen LogP contribution in [0.15, 0.2) is 0 Å². The molecule has 0 heterocycles. The van der Waals surface area contributed by atoms with E-state index in [1.165, 1.54) is 0 Å². The first-order valence-electron chi connectivity index (χ1n) is 6.56. The third kappa shape index (κ3) is 19.6. The number of hydrogen-bond acceptors (Lipinski definition) is 7. The zero-order valence-corrected chi connectivity index (χ0v) is 14.6. The van der Waals surface area contributed by atoms with Gasteiger partial charge in [-0.3, -0.25) is 0 Å². The summed E-state index contributed by atoms with van der Waals surface area (Å²) in [5.41, 5.74) is 0. The first-order valence-corrected chi connectivity index (χ1v) is 7.70. The van der Waals surface area contributed by atoms with Gasteiger partial charge in [-0.15, -0.1) is 0 Å². The van der Waals surface area contributed by atoms with Crippen LogP contribution in [0, 0.1) is 0 Å². The molecule has 0 bridgehead atoms. The lowest BCUT2D eigenvalue weighted by molar-refractivity contribution is -0.149. The van der Waals surface area contributed by atoms with E-state index in [9.17, 15) is 9.59 Å². The molecule has 0 unspecified atom stereocenters.